The molecular weight excluding hydrogens is 252 g/mol. The van der Waals surface area contributed by atoms with Gasteiger partial charge in [0.15, 0.2) is 0 Å². The number of anilines is 1. The number of hydrogen-bond donors (Lipinski definition) is 2. The standard InChI is InChI=1S/C16H24N2O2/c1-2-12-20-15-9-7-8-14(13-15)18-16(19)10-5-3-4-6-11-17/h2,7-9,13H,1,3-6,10-12,17H2,(H,18,19). The van der Waals surface area contributed by atoms with E-state index in [0.29, 0.717) is 13.0 Å². The lowest BCUT2D eigenvalue weighted by molar-refractivity contribution is -0.116. The van der Waals surface area contributed by atoms with Gasteiger partial charge < -0.3 is 15.8 Å². The zero-order valence-electron chi connectivity index (χ0n) is 11.9. The molecule has 0 fully saturated rings. The molecule has 0 aliphatic heterocycles. The smallest absolute Gasteiger partial charge is 0.224 e. The molecule has 0 heterocycles. The maximum absolute atomic E-state index is 11.8. The van der Waals surface area contributed by atoms with Crippen molar-refractivity contribution < 1.29 is 9.53 Å². The van der Waals surface area contributed by atoms with E-state index in [9.17, 15) is 4.79 Å². The van der Waals surface area contributed by atoms with E-state index < -0.39 is 0 Å². The van der Waals surface area contributed by atoms with E-state index >= 15 is 0 Å². The van der Waals surface area contributed by atoms with E-state index in [1.165, 1.54) is 0 Å². The molecule has 3 N–H and O–H groups in total. The van der Waals surface area contributed by atoms with Crippen LogP contribution in [0.25, 0.3) is 0 Å². The second kappa shape index (κ2) is 10.0. The van der Waals surface area contributed by atoms with Crippen molar-refractivity contribution in [2.75, 3.05) is 18.5 Å². The number of nitrogens with one attached hydrogen (secondary N) is 1. The number of benzene rings is 1. The van der Waals surface area contributed by atoms with Crippen LogP contribution in [0, 0.1) is 0 Å². The van der Waals surface area contributed by atoms with Gasteiger partial charge in [-0.15, -0.1) is 0 Å². The average Bonchev–Trinajstić information content (AvgIpc) is 2.45. The lowest BCUT2D eigenvalue weighted by Crippen LogP contribution is -2.11. The van der Waals surface area contributed by atoms with Crippen molar-refractivity contribution in [2.24, 2.45) is 5.73 Å². The Bertz CT molecular complexity index is 419. The number of unbranched alkanes of at least 4 members (excludes halogenated alkanes) is 3. The highest BCUT2D eigenvalue weighted by atomic mass is 16.5. The van der Waals surface area contributed by atoms with Crippen LogP contribution in [0.2, 0.25) is 0 Å². The fraction of sp³-hybridized carbons (Fsp3) is 0.438. The first-order valence-corrected chi connectivity index (χ1v) is 7.10. The molecule has 0 saturated carbocycles. The summed E-state index contributed by atoms with van der Waals surface area (Å²) in [5.74, 6) is 0.768. The van der Waals surface area contributed by atoms with Crippen molar-refractivity contribution in [1.29, 1.82) is 0 Å². The molecule has 0 bridgehead atoms. The van der Waals surface area contributed by atoms with Crippen molar-refractivity contribution in [3.05, 3.63) is 36.9 Å². The van der Waals surface area contributed by atoms with Gasteiger partial charge in [0, 0.05) is 18.2 Å². The van der Waals surface area contributed by atoms with Gasteiger partial charge in [0.25, 0.3) is 0 Å². The molecule has 1 aromatic rings. The first-order chi connectivity index (χ1) is 9.76. The summed E-state index contributed by atoms with van der Waals surface area (Å²) in [5.41, 5.74) is 6.19. The van der Waals surface area contributed by atoms with Gasteiger partial charge >= 0.3 is 0 Å². The third kappa shape index (κ3) is 6.95. The lowest BCUT2D eigenvalue weighted by Gasteiger charge is -2.08. The van der Waals surface area contributed by atoms with Crippen molar-refractivity contribution in [3.8, 4) is 5.75 Å². The molecule has 4 heteroatoms. The lowest BCUT2D eigenvalue weighted by atomic mass is 10.1. The summed E-state index contributed by atoms with van der Waals surface area (Å²) in [6, 6.07) is 7.38. The number of rotatable bonds is 10. The molecule has 0 saturated heterocycles. The van der Waals surface area contributed by atoms with Gasteiger partial charge in [-0.3, -0.25) is 4.79 Å². The highest BCUT2D eigenvalue weighted by Gasteiger charge is 2.03. The summed E-state index contributed by atoms with van der Waals surface area (Å²) in [7, 11) is 0. The van der Waals surface area contributed by atoms with Gasteiger partial charge in [-0.25, -0.2) is 0 Å². The van der Waals surface area contributed by atoms with Crippen LogP contribution < -0.4 is 15.8 Å². The minimum absolute atomic E-state index is 0.0404. The molecule has 0 spiro atoms. The highest BCUT2D eigenvalue weighted by Crippen LogP contribution is 2.17. The molecule has 1 amide bonds. The van der Waals surface area contributed by atoms with E-state index in [0.717, 1.165) is 43.7 Å². The molecule has 4 nitrogen and oxygen atoms in total. The Balaban J connectivity index is 2.32. The highest BCUT2D eigenvalue weighted by molar-refractivity contribution is 5.90. The maximum Gasteiger partial charge on any atom is 0.224 e. The second-order valence-electron chi connectivity index (χ2n) is 4.63. The largest absolute Gasteiger partial charge is 0.489 e. The van der Waals surface area contributed by atoms with E-state index in [1.807, 2.05) is 24.3 Å². The van der Waals surface area contributed by atoms with Crippen LogP contribution in [0.3, 0.4) is 0 Å². The number of nitrogens with two attached hydrogens (primary N) is 1. The number of carbonyl (C=O) groups excluding carboxylic acids is 1. The summed E-state index contributed by atoms with van der Waals surface area (Å²) in [5, 5.41) is 2.88. The van der Waals surface area contributed by atoms with Crippen molar-refractivity contribution in [2.45, 2.75) is 32.1 Å². The number of amides is 1. The molecule has 0 aliphatic rings. The normalized spacial score (nSPS) is 10.1. The van der Waals surface area contributed by atoms with Gasteiger partial charge in [0.05, 0.1) is 0 Å². The Morgan fingerprint density at radius 1 is 1.30 bits per heavy atom. The summed E-state index contributed by atoms with van der Waals surface area (Å²) in [6.07, 6.45) is 6.31. The first kappa shape index (κ1) is 16.2. The minimum atomic E-state index is 0.0404. The van der Waals surface area contributed by atoms with Crippen LogP contribution in [-0.2, 0) is 4.79 Å². The topological polar surface area (TPSA) is 64.3 Å². The summed E-state index contributed by atoms with van der Waals surface area (Å²) in [4.78, 5) is 11.8. The first-order valence-electron chi connectivity index (χ1n) is 7.10. The van der Waals surface area contributed by atoms with Gasteiger partial charge in [-0.2, -0.15) is 0 Å². The van der Waals surface area contributed by atoms with E-state index in [1.54, 1.807) is 6.08 Å². The Morgan fingerprint density at radius 2 is 2.10 bits per heavy atom. The molecule has 20 heavy (non-hydrogen) atoms. The number of hydrogen-bond acceptors (Lipinski definition) is 3. The molecular formula is C16H24N2O2. The van der Waals surface area contributed by atoms with Crippen molar-refractivity contribution >= 4 is 11.6 Å². The second-order valence-corrected chi connectivity index (χ2v) is 4.63. The van der Waals surface area contributed by atoms with Crippen LogP contribution in [0.5, 0.6) is 5.75 Å². The predicted molar refractivity (Wildman–Crippen MR) is 82.9 cm³/mol. The van der Waals surface area contributed by atoms with Crippen LogP contribution in [0.1, 0.15) is 32.1 Å². The molecule has 1 rings (SSSR count). The van der Waals surface area contributed by atoms with E-state index in [4.69, 9.17) is 10.5 Å². The summed E-state index contributed by atoms with van der Waals surface area (Å²) < 4.78 is 5.42. The Morgan fingerprint density at radius 3 is 2.85 bits per heavy atom. The summed E-state index contributed by atoms with van der Waals surface area (Å²) in [6.45, 7) is 4.78. The third-order valence-corrected chi connectivity index (χ3v) is 2.84. The molecule has 0 aliphatic carbocycles. The molecule has 110 valence electrons. The Hall–Kier alpha value is -1.81. The summed E-state index contributed by atoms with van der Waals surface area (Å²) >= 11 is 0. The zero-order valence-corrected chi connectivity index (χ0v) is 11.9. The van der Waals surface area contributed by atoms with Gasteiger partial charge in [-0.05, 0) is 31.5 Å². The van der Waals surface area contributed by atoms with Crippen LogP contribution in [0.15, 0.2) is 36.9 Å². The molecule has 0 atom stereocenters. The Labute approximate surface area is 121 Å². The Kier molecular flexibility index (Phi) is 8.15. The minimum Gasteiger partial charge on any atom is -0.489 e. The SMILES string of the molecule is C=CCOc1cccc(NC(=O)CCCCCCN)c1. The monoisotopic (exact) mass is 276 g/mol. The number of carbonyl (C=O) groups is 1. The van der Waals surface area contributed by atoms with Crippen molar-refractivity contribution in [3.63, 3.8) is 0 Å². The fourth-order valence-corrected chi connectivity index (χ4v) is 1.83. The van der Waals surface area contributed by atoms with Crippen LogP contribution in [0.4, 0.5) is 5.69 Å². The average molecular weight is 276 g/mol. The molecule has 0 unspecified atom stereocenters. The molecule has 0 radical (unpaired) electrons. The van der Waals surface area contributed by atoms with Crippen LogP contribution in [-0.4, -0.2) is 19.1 Å². The van der Waals surface area contributed by atoms with E-state index in [-0.39, 0.29) is 5.91 Å². The van der Waals surface area contributed by atoms with Crippen molar-refractivity contribution in [1.82, 2.24) is 0 Å². The number of ether oxygens (including phenoxy) is 1. The van der Waals surface area contributed by atoms with Crippen LogP contribution >= 0.6 is 0 Å². The van der Waals surface area contributed by atoms with E-state index in [2.05, 4.69) is 11.9 Å². The van der Waals surface area contributed by atoms with Gasteiger partial charge in [0.2, 0.25) is 5.91 Å². The van der Waals surface area contributed by atoms with Gasteiger partial charge in [-0.1, -0.05) is 31.6 Å². The predicted octanol–water partition coefficient (Wildman–Crippen LogP) is 3.10. The maximum atomic E-state index is 11.8. The molecule has 1 aromatic carbocycles. The van der Waals surface area contributed by atoms with Gasteiger partial charge in [0.1, 0.15) is 12.4 Å². The molecule has 0 aromatic heterocycles. The third-order valence-electron chi connectivity index (χ3n) is 2.84. The quantitative estimate of drug-likeness (QED) is 0.510. The zero-order chi connectivity index (χ0) is 14.6. The fourth-order valence-electron chi connectivity index (χ4n) is 1.83.